The maximum Gasteiger partial charge on any atom is 0.291 e. The molecule has 0 aliphatic rings. The van der Waals surface area contributed by atoms with Gasteiger partial charge in [0.2, 0.25) is 5.96 Å². The van der Waals surface area contributed by atoms with E-state index in [9.17, 15) is 0 Å². The van der Waals surface area contributed by atoms with Crippen molar-refractivity contribution in [1.29, 1.82) is 0 Å². The second kappa shape index (κ2) is 8.33. The van der Waals surface area contributed by atoms with Crippen LogP contribution >= 0.6 is 0 Å². The molecule has 0 bridgehead atoms. The Morgan fingerprint density at radius 2 is 2.06 bits per heavy atom. The summed E-state index contributed by atoms with van der Waals surface area (Å²) in [4.78, 5) is 8.36. The van der Waals surface area contributed by atoms with E-state index >= 15 is 0 Å². The maximum absolute atomic E-state index is 8.36. The second-order valence-electron chi connectivity index (χ2n) is 2.75. The first-order chi connectivity index (χ1) is 8.47. The lowest BCUT2D eigenvalue weighted by Gasteiger charge is -2.01. The van der Waals surface area contributed by atoms with Gasteiger partial charge in [-0.3, -0.25) is 0 Å². The molecule has 0 saturated heterocycles. The SMILES string of the molecule is COc1ccccc1/C=N/N=C(N)N.O=[N+]([O-])O. The molecule has 0 spiro atoms. The van der Waals surface area contributed by atoms with E-state index < -0.39 is 5.09 Å². The number of ether oxygens (including phenoxy) is 1. The average Bonchev–Trinajstić information content (AvgIpc) is 2.28. The van der Waals surface area contributed by atoms with Crippen LogP contribution in [0.1, 0.15) is 5.56 Å². The van der Waals surface area contributed by atoms with Gasteiger partial charge in [0.1, 0.15) is 5.75 Å². The Labute approximate surface area is 102 Å². The van der Waals surface area contributed by atoms with E-state index in [0.29, 0.717) is 0 Å². The highest BCUT2D eigenvalue weighted by Crippen LogP contribution is 2.14. The zero-order chi connectivity index (χ0) is 14.0. The van der Waals surface area contributed by atoms with Crippen LogP contribution in [-0.4, -0.2) is 29.6 Å². The monoisotopic (exact) mass is 255 g/mol. The molecule has 9 heteroatoms. The normalized spacial score (nSPS) is 9.17. The number of benzene rings is 1. The summed E-state index contributed by atoms with van der Waals surface area (Å²) in [6.45, 7) is 0. The summed E-state index contributed by atoms with van der Waals surface area (Å²) in [5.74, 6) is 0.651. The van der Waals surface area contributed by atoms with Gasteiger partial charge in [-0.05, 0) is 12.1 Å². The third-order valence-electron chi connectivity index (χ3n) is 1.51. The van der Waals surface area contributed by atoms with Gasteiger partial charge in [0.05, 0.1) is 13.3 Å². The minimum absolute atomic E-state index is 0.0730. The van der Waals surface area contributed by atoms with Crippen LogP contribution in [0, 0.1) is 10.1 Å². The van der Waals surface area contributed by atoms with Crippen LogP contribution in [0.5, 0.6) is 5.75 Å². The third kappa shape index (κ3) is 7.45. The first-order valence-corrected chi connectivity index (χ1v) is 4.55. The van der Waals surface area contributed by atoms with Crippen LogP contribution in [-0.2, 0) is 0 Å². The van der Waals surface area contributed by atoms with Crippen LogP contribution in [0.4, 0.5) is 0 Å². The lowest BCUT2D eigenvalue weighted by atomic mass is 10.2. The Morgan fingerprint density at radius 3 is 2.56 bits per heavy atom. The van der Waals surface area contributed by atoms with E-state index in [1.807, 2.05) is 24.3 Å². The summed E-state index contributed by atoms with van der Waals surface area (Å²) in [7, 11) is 1.59. The number of hydrogen-bond donors (Lipinski definition) is 3. The number of nitrogens with two attached hydrogens (primary N) is 2. The summed E-state index contributed by atoms with van der Waals surface area (Å²) in [6, 6.07) is 7.43. The third-order valence-corrected chi connectivity index (χ3v) is 1.51. The van der Waals surface area contributed by atoms with Gasteiger partial charge in [0.25, 0.3) is 5.09 Å². The molecule has 0 unspecified atom stereocenters. The predicted octanol–water partition coefficient (Wildman–Crippen LogP) is -0.0452. The number of guanidine groups is 1. The summed E-state index contributed by atoms with van der Waals surface area (Å²) >= 11 is 0. The molecule has 98 valence electrons. The molecule has 1 aromatic carbocycles. The van der Waals surface area contributed by atoms with Crippen molar-refractivity contribution in [3.63, 3.8) is 0 Å². The van der Waals surface area contributed by atoms with Crippen molar-refractivity contribution in [2.24, 2.45) is 21.7 Å². The molecule has 0 atom stereocenters. The fraction of sp³-hybridized carbons (Fsp3) is 0.111. The topological polar surface area (TPSA) is 149 Å². The van der Waals surface area contributed by atoms with Crippen LogP contribution in [0.25, 0.3) is 0 Å². The van der Waals surface area contributed by atoms with Crippen LogP contribution < -0.4 is 16.2 Å². The highest BCUT2D eigenvalue weighted by Gasteiger charge is 1.96. The van der Waals surface area contributed by atoms with E-state index in [1.165, 1.54) is 6.21 Å². The Hall–Kier alpha value is -2.84. The number of para-hydroxylation sites is 1. The van der Waals surface area contributed by atoms with Crippen LogP contribution in [0.15, 0.2) is 34.5 Å². The van der Waals surface area contributed by atoms with Crippen molar-refractivity contribution in [2.45, 2.75) is 0 Å². The van der Waals surface area contributed by atoms with Gasteiger partial charge in [0.15, 0.2) is 0 Å². The van der Waals surface area contributed by atoms with E-state index in [2.05, 4.69) is 10.2 Å². The number of hydrogen-bond acceptors (Lipinski definition) is 5. The Balaban J connectivity index is 0.000000631. The van der Waals surface area contributed by atoms with Gasteiger partial charge in [-0.2, -0.15) is 5.10 Å². The molecular weight excluding hydrogens is 242 g/mol. The Kier molecular flexibility index (Phi) is 7.01. The highest BCUT2D eigenvalue weighted by atomic mass is 16.9. The largest absolute Gasteiger partial charge is 0.496 e. The van der Waals surface area contributed by atoms with E-state index in [0.717, 1.165) is 11.3 Å². The van der Waals surface area contributed by atoms with Crippen molar-refractivity contribution in [3.05, 3.63) is 39.9 Å². The van der Waals surface area contributed by atoms with Crippen molar-refractivity contribution in [1.82, 2.24) is 0 Å². The summed E-state index contributed by atoms with van der Waals surface area (Å²) < 4.78 is 5.10. The summed E-state index contributed by atoms with van der Waals surface area (Å²) in [6.07, 6.45) is 1.53. The van der Waals surface area contributed by atoms with E-state index in [4.69, 9.17) is 31.5 Å². The lowest BCUT2D eigenvalue weighted by Crippen LogP contribution is -2.21. The average molecular weight is 255 g/mol. The molecule has 0 aliphatic heterocycles. The van der Waals surface area contributed by atoms with Crippen LogP contribution in [0.3, 0.4) is 0 Å². The van der Waals surface area contributed by atoms with Crippen molar-refractivity contribution < 1.29 is 15.0 Å². The Bertz CT molecular complexity index is 438. The molecule has 0 heterocycles. The molecule has 0 radical (unpaired) electrons. The van der Waals surface area contributed by atoms with Crippen molar-refractivity contribution >= 4 is 12.2 Å². The molecule has 1 aromatic rings. The molecule has 9 nitrogen and oxygen atoms in total. The minimum Gasteiger partial charge on any atom is -0.496 e. The zero-order valence-electron chi connectivity index (χ0n) is 9.56. The molecule has 0 aromatic heterocycles. The molecule has 0 aliphatic carbocycles. The fourth-order valence-corrected chi connectivity index (χ4v) is 0.931. The molecule has 0 fully saturated rings. The number of methoxy groups -OCH3 is 1. The first-order valence-electron chi connectivity index (χ1n) is 4.55. The molecule has 5 N–H and O–H groups in total. The smallest absolute Gasteiger partial charge is 0.291 e. The summed E-state index contributed by atoms with van der Waals surface area (Å²) in [5, 5.41) is 20.8. The van der Waals surface area contributed by atoms with Gasteiger partial charge in [-0.1, -0.05) is 12.1 Å². The fourth-order valence-electron chi connectivity index (χ4n) is 0.931. The first kappa shape index (κ1) is 15.2. The zero-order valence-corrected chi connectivity index (χ0v) is 9.56. The second-order valence-corrected chi connectivity index (χ2v) is 2.75. The Morgan fingerprint density at radius 1 is 1.50 bits per heavy atom. The lowest BCUT2D eigenvalue weighted by molar-refractivity contribution is -0.742. The summed E-state index contributed by atoms with van der Waals surface area (Å²) in [5.41, 5.74) is 11.0. The molecule has 0 saturated carbocycles. The minimum atomic E-state index is -1.50. The van der Waals surface area contributed by atoms with Gasteiger partial charge >= 0.3 is 0 Å². The number of rotatable bonds is 3. The number of nitrogens with zero attached hydrogens (tertiary/aromatic N) is 3. The quantitative estimate of drug-likeness (QED) is 0.298. The predicted molar refractivity (Wildman–Crippen MR) is 65.2 cm³/mol. The molecule has 18 heavy (non-hydrogen) atoms. The van der Waals surface area contributed by atoms with Gasteiger partial charge in [-0.25, -0.2) is 0 Å². The highest BCUT2D eigenvalue weighted by molar-refractivity contribution is 5.84. The van der Waals surface area contributed by atoms with Gasteiger partial charge < -0.3 is 21.4 Å². The van der Waals surface area contributed by atoms with Crippen molar-refractivity contribution in [3.8, 4) is 5.75 Å². The van der Waals surface area contributed by atoms with E-state index in [1.54, 1.807) is 7.11 Å². The van der Waals surface area contributed by atoms with Crippen LogP contribution in [0.2, 0.25) is 0 Å². The van der Waals surface area contributed by atoms with Crippen molar-refractivity contribution in [2.75, 3.05) is 7.11 Å². The van der Waals surface area contributed by atoms with Gasteiger partial charge in [0, 0.05) is 5.56 Å². The maximum atomic E-state index is 8.36. The molecular formula is C9H13N5O4. The molecule has 1 rings (SSSR count). The standard InChI is InChI=1S/C9H12N4O.HNO3/c1-14-8-5-3-2-4-7(8)6-12-13-9(10)11;2-1(3)4/h2-6H,1H3,(H4,10,11,13);(H,2,3,4)/b12-6+;. The van der Waals surface area contributed by atoms with E-state index in [-0.39, 0.29) is 5.96 Å². The van der Waals surface area contributed by atoms with Gasteiger partial charge in [-0.15, -0.1) is 15.2 Å². The molecule has 0 amide bonds.